The number of sulfonamides is 1. The van der Waals surface area contributed by atoms with Crippen LogP contribution in [0.5, 0.6) is 0 Å². The van der Waals surface area contributed by atoms with E-state index in [2.05, 4.69) is 0 Å². The molecule has 1 aromatic rings. The van der Waals surface area contributed by atoms with Crippen LogP contribution >= 0.6 is 12.2 Å². The summed E-state index contributed by atoms with van der Waals surface area (Å²) in [6, 6.07) is 5.09. The van der Waals surface area contributed by atoms with Crippen molar-refractivity contribution >= 4 is 27.2 Å². The Hall–Kier alpha value is -0.980. The largest absolute Gasteiger partial charge is 0.389 e. The van der Waals surface area contributed by atoms with Crippen molar-refractivity contribution in [2.75, 3.05) is 7.05 Å². The zero-order valence-electron chi connectivity index (χ0n) is 12.0. The van der Waals surface area contributed by atoms with Crippen molar-refractivity contribution in [3.8, 4) is 0 Å². The molecule has 4 nitrogen and oxygen atoms in total. The molecular formula is C14H20N2O2S2. The molecule has 1 atom stereocenters. The first kappa shape index (κ1) is 15.4. The van der Waals surface area contributed by atoms with Gasteiger partial charge in [0.15, 0.2) is 0 Å². The molecule has 1 aliphatic carbocycles. The van der Waals surface area contributed by atoms with E-state index in [4.69, 9.17) is 18.0 Å². The fourth-order valence-electron chi connectivity index (χ4n) is 2.28. The fraction of sp³-hybridized carbons (Fsp3) is 0.500. The summed E-state index contributed by atoms with van der Waals surface area (Å²) in [4.78, 5) is 0.497. The molecule has 0 saturated heterocycles. The van der Waals surface area contributed by atoms with Crippen LogP contribution in [0.25, 0.3) is 0 Å². The Morgan fingerprint density at radius 1 is 1.45 bits per heavy atom. The first-order valence-corrected chi connectivity index (χ1v) is 8.48. The third kappa shape index (κ3) is 2.87. The van der Waals surface area contributed by atoms with E-state index in [9.17, 15) is 8.42 Å². The summed E-state index contributed by atoms with van der Waals surface area (Å²) in [5.41, 5.74) is 6.88. The maximum absolute atomic E-state index is 12.7. The minimum absolute atomic E-state index is 0.0212. The van der Waals surface area contributed by atoms with Gasteiger partial charge in [-0.05, 0) is 44.2 Å². The van der Waals surface area contributed by atoms with Gasteiger partial charge in [0.05, 0.1) is 4.90 Å². The van der Waals surface area contributed by atoms with Gasteiger partial charge in [-0.25, -0.2) is 8.42 Å². The van der Waals surface area contributed by atoms with Gasteiger partial charge in [-0.3, -0.25) is 0 Å². The smallest absolute Gasteiger partial charge is 0.243 e. The van der Waals surface area contributed by atoms with Crippen LogP contribution in [0.3, 0.4) is 0 Å². The lowest BCUT2D eigenvalue weighted by Gasteiger charge is -2.25. The highest BCUT2D eigenvalue weighted by Gasteiger charge is 2.36. The number of hydrogen-bond acceptors (Lipinski definition) is 3. The van der Waals surface area contributed by atoms with E-state index in [0.29, 0.717) is 17.0 Å². The Kier molecular flexibility index (Phi) is 4.18. The lowest BCUT2D eigenvalue weighted by molar-refractivity contribution is 0.357. The second-order valence-electron chi connectivity index (χ2n) is 5.44. The van der Waals surface area contributed by atoms with Crippen LogP contribution in [0.15, 0.2) is 23.1 Å². The van der Waals surface area contributed by atoms with Crippen molar-refractivity contribution in [3.05, 3.63) is 29.3 Å². The lowest BCUT2D eigenvalue weighted by atomic mass is 10.1. The number of rotatable bonds is 5. The van der Waals surface area contributed by atoms with Crippen LogP contribution in [0.1, 0.15) is 30.9 Å². The summed E-state index contributed by atoms with van der Waals surface area (Å²) in [6.45, 7) is 3.74. The Morgan fingerprint density at radius 2 is 2.05 bits per heavy atom. The number of aryl methyl sites for hydroxylation is 1. The molecule has 2 N–H and O–H groups in total. The SMILES string of the molecule is Cc1ccc(C(N)=S)cc1S(=O)(=O)N(C)C(C)C1CC1. The molecule has 0 amide bonds. The van der Waals surface area contributed by atoms with Gasteiger partial charge in [-0.1, -0.05) is 24.4 Å². The van der Waals surface area contributed by atoms with E-state index in [0.717, 1.165) is 12.8 Å². The van der Waals surface area contributed by atoms with Crippen molar-refractivity contribution in [1.82, 2.24) is 4.31 Å². The summed E-state index contributed by atoms with van der Waals surface area (Å²) in [6.07, 6.45) is 2.21. The predicted molar refractivity (Wildman–Crippen MR) is 84.2 cm³/mol. The number of hydrogen-bond donors (Lipinski definition) is 1. The van der Waals surface area contributed by atoms with Crippen LogP contribution in [0.2, 0.25) is 0 Å². The molecule has 1 unspecified atom stereocenters. The molecule has 6 heteroatoms. The van der Waals surface area contributed by atoms with Gasteiger partial charge in [0, 0.05) is 18.7 Å². The Balaban J connectivity index is 2.42. The van der Waals surface area contributed by atoms with Crippen LogP contribution in [0, 0.1) is 12.8 Å². The molecule has 0 bridgehead atoms. The van der Waals surface area contributed by atoms with Crippen molar-refractivity contribution in [2.45, 2.75) is 37.6 Å². The zero-order valence-corrected chi connectivity index (χ0v) is 13.6. The van der Waals surface area contributed by atoms with Crippen LogP contribution in [-0.2, 0) is 10.0 Å². The number of nitrogens with zero attached hydrogens (tertiary/aromatic N) is 1. The van der Waals surface area contributed by atoms with Gasteiger partial charge in [-0.15, -0.1) is 0 Å². The van der Waals surface area contributed by atoms with Crippen molar-refractivity contribution in [1.29, 1.82) is 0 Å². The Morgan fingerprint density at radius 3 is 2.55 bits per heavy atom. The van der Waals surface area contributed by atoms with Gasteiger partial charge < -0.3 is 5.73 Å². The highest BCUT2D eigenvalue weighted by molar-refractivity contribution is 7.89. The summed E-state index contributed by atoms with van der Waals surface area (Å²) in [5.74, 6) is 0.480. The summed E-state index contributed by atoms with van der Waals surface area (Å²) >= 11 is 4.93. The summed E-state index contributed by atoms with van der Waals surface area (Å²) < 4.78 is 27.0. The van der Waals surface area contributed by atoms with Crippen LogP contribution in [0.4, 0.5) is 0 Å². The molecule has 0 spiro atoms. The lowest BCUT2D eigenvalue weighted by Crippen LogP contribution is -2.36. The highest BCUT2D eigenvalue weighted by atomic mass is 32.2. The number of nitrogens with two attached hydrogens (primary N) is 1. The average Bonchev–Trinajstić information content (AvgIpc) is 3.21. The Bertz CT molecular complexity index is 637. The average molecular weight is 312 g/mol. The molecule has 0 aromatic heterocycles. The third-order valence-corrected chi connectivity index (χ3v) is 6.33. The Labute approximate surface area is 126 Å². The summed E-state index contributed by atoms with van der Waals surface area (Å²) in [7, 11) is -1.87. The molecule has 0 aliphatic heterocycles. The van der Waals surface area contributed by atoms with Gasteiger partial charge in [0.2, 0.25) is 10.0 Å². The number of benzene rings is 1. The van der Waals surface area contributed by atoms with E-state index >= 15 is 0 Å². The normalized spacial score (nSPS) is 17.2. The van der Waals surface area contributed by atoms with Crippen molar-refractivity contribution < 1.29 is 8.42 Å². The number of thiocarbonyl (C=S) groups is 1. The molecule has 2 rings (SSSR count). The van der Waals surface area contributed by atoms with Gasteiger partial charge >= 0.3 is 0 Å². The van der Waals surface area contributed by atoms with E-state index in [1.54, 1.807) is 32.2 Å². The zero-order chi connectivity index (χ0) is 15.1. The molecule has 0 heterocycles. The maximum Gasteiger partial charge on any atom is 0.243 e. The van der Waals surface area contributed by atoms with E-state index in [1.807, 2.05) is 6.92 Å². The standard InChI is InChI=1S/C14H20N2O2S2/c1-9-4-5-12(14(15)19)8-13(9)20(17,18)16(3)10(2)11-6-7-11/h4-5,8,10-11H,6-7H2,1-3H3,(H2,15,19). The van der Waals surface area contributed by atoms with Gasteiger partial charge in [0.25, 0.3) is 0 Å². The van der Waals surface area contributed by atoms with Crippen LogP contribution in [-0.4, -0.2) is 30.8 Å². The molecule has 20 heavy (non-hydrogen) atoms. The molecule has 1 aromatic carbocycles. The molecular weight excluding hydrogens is 292 g/mol. The monoisotopic (exact) mass is 312 g/mol. The van der Waals surface area contributed by atoms with Crippen molar-refractivity contribution in [3.63, 3.8) is 0 Å². The molecule has 1 saturated carbocycles. The van der Waals surface area contributed by atoms with Crippen LogP contribution < -0.4 is 5.73 Å². The summed E-state index contributed by atoms with van der Waals surface area (Å²) in [5, 5.41) is 0. The fourth-order valence-corrected chi connectivity index (χ4v) is 4.08. The van der Waals surface area contributed by atoms with E-state index < -0.39 is 10.0 Å². The highest BCUT2D eigenvalue weighted by Crippen LogP contribution is 2.36. The van der Waals surface area contributed by atoms with Gasteiger partial charge in [0.1, 0.15) is 4.99 Å². The molecule has 110 valence electrons. The van der Waals surface area contributed by atoms with Gasteiger partial charge in [-0.2, -0.15) is 4.31 Å². The van der Waals surface area contributed by atoms with Crippen molar-refractivity contribution in [2.24, 2.45) is 11.7 Å². The molecule has 1 fully saturated rings. The minimum atomic E-state index is -3.51. The first-order valence-electron chi connectivity index (χ1n) is 6.63. The molecule has 1 aliphatic rings. The minimum Gasteiger partial charge on any atom is -0.389 e. The van der Waals surface area contributed by atoms with E-state index in [1.165, 1.54) is 4.31 Å². The third-order valence-electron chi connectivity index (χ3n) is 4.01. The second-order valence-corrected chi connectivity index (χ2v) is 7.85. The second kappa shape index (κ2) is 5.42. The quantitative estimate of drug-likeness (QED) is 0.845. The molecule has 0 radical (unpaired) electrons. The first-order chi connectivity index (χ1) is 9.25. The topological polar surface area (TPSA) is 63.4 Å². The van der Waals surface area contributed by atoms with E-state index in [-0.39, 0.29) is 15.9 Å². The predicted octanol–water partition coefficient (Wildman–Crippen LogP) is 2.05. The maximum atomic E-state index is 12.7.